The molecule has 0 aliphatic carbocycles. The molecule has 112 valence electrons. The Morgan fingerprint density at radius 2 is 2.10 bits per heavy atom. The summed E-state index contributed by atoms with van der Waals surface area (Å²) in [5.74, 6) is -0.936. The molecule has 3 N–H and O–H groups in total. The molecular weight excluding hydrogens is 272 g/mol. The summed E-state index contributed by atoms with van der Waals surface area (Å²) in [7, 11) is 0. The van der Waals surface area contributed by atoms with Crippen molar-refractivity contribution < 1.29 is 15.0 Å². The number of aromatic nitrogens is 3. The normalized spacial score (nSPS) is 12.2. The van der Waals surface area contributed by atoms with E-state index < -0.39 is 12.0 Å². The second-order valence-corrected chi connectivity index (χ2v) is 4.61. The van der Waals surface area contributed by atoms with Gasteiger partial charge in [0.15, 0.2) is 0 Å². The first-order valence-corrected chi connectivity index (χ1v) is 6.71. The molecule has 0 saturated heterocycles. The van der Waals surface area contributed by atoms with Crippen LogP contribution in [0.5, 0.6) is 0 Å². The third-order valence-electron chi connectivity index (χ3n) is 3.00. The van der Waals surface area contributed by atoms with Crippen molar-refractivity contribution in [1.82, 2.24) is 20.3 Å². The zero-order valence-corrected chi connectivity index (χ0v) is 11.5. The zero-order valence-electron chi connectivity index (χ0n) is 11.5. The van der Waals surface area contributed by atoms with Crippen molar-refractivity contribution >= 4 is 5.97 Å². The second-order valence-electron chi connectivity index (χ2n) is 4.61. The van der Waals surface area contributed by atoms with Crippen molar-refractivity contribution in [3.05, 3.63) is 47.8 Å². The number of aliphatic carboxylic acids is 1. The summed E-state index contributed by atoms with van der Waals surface area (Å²) in [5, 5.41) is 28.9. The van der Waals surface area contributed by atoms with Crippen molar-refractivity contribution in [1.29, 1.82) is 0 Å². The van der Waals surface area contributed by atoms with E-state index in [1.807, 2.05) is 6.07 Å². The topological polar surface area (TPSA) is 100 Å². The summed E-state index contributed by atoms with van der Waals surface area (Å²) >= 11 is 0. The van der Waals surface area contributed by atoms with E-state index >= 15 is 0 Å². The van der Waals surface area contributed by atoms with Crippen LogP contribution in [0.2, 0.25) is 0 Å². The second kappa shape index (κ2) is 7.51. The molecule has 1 aromatic heterocycles. The van der Waals surface area contributed by atoms with Crippen LogP contribution in [0.3, 0.4) is 0 Å². The summed E-state index contributed by atoms with van der Waals surface area (Å²) in [6.07, 6.45) is 2.35. The number of carbonyl (C=O) groups is 1. The molecule has 0 saturated carbocycles. The molecule has 7 nitrogen and oxygen atoms in total. The molecular formula is C14H18N4O3. The number of aliphatic hydroxyl groups excluding tert-OH is 1. The van der Waals surface area contributed by atoms with E-state index in [0.29, 0.717) is 30.8 Å². The molecule has 0 fully saturated rings. The molecule has 2 rings (SSSR count). The fraction of sp³-hybridized carbons (Fsp3) is 0.357. The predicted octanol–water partition coefficient (Wildman–Crippen LogP) is 0.576. The van der Waals surface area contributed by atoms with Crippen LogP contribution in [0.15, 0.2) is 36.5 Å². The minimum Gasteiger partial charge on any atom is -0.480 e. The maximum Gasteiger partial charge on any atom is 0.325 e. The molecule has 21 heavy (non-hydrogen) atoms. The van der Waals surface area contributed by atoms with Gasteiger partial charge in [-0.1, -0.05) is 35.5 Å². The molecule has 1 atom stereocenters. The van der Waals surface area contributed by atoms with Gasteiger partial charge in [0.25, 0.3) is 0 Å². The number of aryl methyl sites for hydroxylation is 1. The average molecular weight is 290 g/mol. The van der Waals surface area contributed by atoms with Gasteiger partial charge in [0.2, 0.25) is 0 Å². The van der Waals surface area contributed by atoms with Gasteiger partial charge in [0.1, 0.15) is 6.04 Å². The first-order chi connectivity index (χ1) is 10.2. The third kappa shape index (κ3) is 4.37. The number of carboxylic acid groups (broad SMARTS) is 1. The van der Waals surface area contributed by atoms with Crippen LogP contribution in [0, 0.1) is 0 Å². The van der Waals surface area contributed by atoms with Gasteiger partial charge in [-0.05, 0) is 12.0 Å². The predicted molar refractivity (Wildman–Crippen MR) is 75.4 cm³/mol. The largest absolute Gasteiger partial charge is 0.480 e. The lowest BCUT2D eigenvalue weighted by Gasteiger charge is -2.13. The van der Waals surface area contributed by atoms with Crippen LogP contribution < -0.4 is 5.32 Å². The standard InChI is InChI=1S/C14H18N4O3/c19-8-4-7-18-10-12(16-17-18)9-15-13(14(20)21)11-5-2-1-3-6-11/h1-3,5-6,10,13,15,19H,4,7-9H2,(H,20,21). The maximum absolute atomic E-state index is 11.3. The lowest BCUT2D eigenvalue weighted by molar-refractivity contribution is -0.139. The van der Waals surface area contributed by atoms with Gasteiger partial charge in [0.05, 0.1) is 5.69 Å². The Morgan fingerprint density at radius 1 is 1.33 bits per heavy atom. The minimum atomic E-state index is -0.936. The Balaban J connectivity index is 1.96. The SMILES string of the molecule is O=C(O)C(NCc1cn(CCCO)nn1)c1ccccc1. The summed E-state index contributed by atoms with van der Waals surface area (Å²) in [6, 6.07) is 8.20. The van der Waals surface area contributed by atoms with E-state index in [0.717, 1.165) is 0 Å². The molecule has 1 heterocycles. The number of nitrogens with one attached hydrogen (secondary N) is 1. The van der Waals surface area contributed by atoms with Crippen molar-refractivity contribution in [3.8, 4) is 0 Å². The van der Waals surface area contributed by atoms with Crippen molar-refractivity contribution in [2.24, 2.45) is 0 Å². The summed E-state index contributed by atoms with van der Waals surface area (Å²) in [5.41, 5.74) is 1.35. The van der Waals surface area contributed by atoms with Crippen molar-refractivity contribution in [3.63, 3.8) is 0 Å². The molecule has 7 heteroatoms. The Labute approximate surface area is 122 Å². The first-order valence-electron chi connectivity index (χ1n) is 6.71. The number of benzene rings is 1. The Hall–Kier alpha value is -2.25. The minimum absolute atomic E-state index is 0.0997. The number of hydrogen-bond acceptors (Lipinski definition) is 5. The molecule has 0 aliphatic rings. The highest BCUT2D eigenvalue weighted by Crippen LogP contribution is 2.13. The van der Waals surface area contributed by atoms with Gasteiger partial charge < -0.3 is 10.2 Å². The van der Waals surface area contributed by atoms with E-state index in [1.54, 1.807) is 35.1 Å². The number of aliphatic hydroxyl groups is 1. The van der Waals surface area contributed by atoms with Crippen LogP contribution in [0.25, 0.3) is 0 Å². The molecule has 1 aromatic carbocycles. The smallest absolute Gasteiger partial charge is 0.325 e. The number of hydrogen-bond donors (Lipinski definition) is 3. The Kier molecular flexibility index (Phi) is 5.42. The van der Waals surface area contributed by atoms with Crippen LogP contribution in [-0.4, -0.2) is 37.8 Å². The molecule has 1 unspecified atom stereocenters. The van der Waals surface area contributed by atoms with Gasteiger partial charge in [-0.2, -0.15) is 0 Å². The van der Waals surface area contributed by atoms with Gasteiger partial charge in [0, 0.05) is 25.9 Å². The number of rotatable bonds is 8. The summed E-state index contributed by atoms with van der Waals surface area (Å²) in [6.45, 7) is 0.998. The Morgan fingerprint density at radius 3 is 2.76 bits per heavy atom. The fourth-order valence-corrected chi connectivity index (χ4v) is 1.96. The summed E-state index contributed by atoms with van der Waals surface area (Å²) in [4.78, 5) is 11.3. The van der Waals surface area contributed by atoms with Gasteiger partial charge in [-0.25, -0.2) is 0 Å². The van der Waals surface area contributed by atoms with Crippen LogP contribution in [0.1, 0.15) is 23.7 Å². The fourth-order valence-electron chi connectivity index (χ4n) is 1.96. The molecule has 0 aliphatic heterocycles. The average Bonchev–Trinajstić information content (AvgIpc) is 2.94. The van der Waals surface area contributed by atoms with Crippen molar-refractivity contribution in [2.45, 2.75) is 25.6 Å². The van der Waals surface area contributed by atoms with Crippen LogP contribution in [-0.2, 0) is 17.9 Å². The van der Waals surface area contributed by atoms with Crippen LogP contribution in [0.4, 0.5) is 0 Å². The van der Waals surface area contributed by atoms with Gasteiger partial charge in [-0.15, -0.1) is 5.10 Å². The maximum atomic E-state index is 11.3. The number of carboxylic acids is 1. The quantitative estimate of drug-likeness (QED) is 0.657. The number of nitrogens with zero attached hydrogens (tertiary/aromatic N) is 3. The van der Waals surface area contributed by atoms with Gasteiger partial charge in [-0.3, -0.25) is 14.8 Å². The molecule has 0 amide bonds. The molecule has 0 spiro atoms. The highest BCUT2D eigenvalue weighted by Gasteiger charge is 2.19. The third-order valence-corrected chi connectivity index (χ3v) is 3.00. The molecule has 0 bridgehead atoms. The Bertz CT molecular complexity index is 571. The zero-order chi connectivity index (χ0) is 15.1. The van der Waals surface area contributed by atoms with E-state index in [9.17, 15) is 9.90 Å². The van der Waals surface area contributed by atoms with Crippen LogP contribution >= 0.6 is 0 Å². The molecule has 0 radical (unpaired) electrons. The van der Waals surface area contributed by atoms with E-state index in [4.69, 9.17) is 5.11 Å². The van der Waals surface area contributed by atoms with E-state index in [-0.39, 0.29) is 6.61 Å². The first kappa shape index (κ1) is 15.1. The monoisotopic (exact) mass is 290 g/mol. The van der Waals surface area contributed by atoms with E-state index in [1.165, 1.54) is 0 Å². The van der Waals surface area contributed by atoms with E-state index in [2.05, 4.69) is 15.6 Å². The van der Waals surface area contributed by atoms with Gasteiger partial charge >= 0.3 is 5.97 Å². The highest BCUT2D eigenvalue weighted by atomic mass is 16.4. The lowest BCUT2D eigenvalue weighted by Crippen LogP contribution is -2.28. The van der Waals surface area contributed by atoms with Crippen molar-refractivity contribution in [2.75, 3.05) is 6.61 Å². The lowest BCUT2D eigenvalue weighted by atomic mass is 10.1. The highest BCUT2D eigenvalue weighted by molar-refractivity contribution is 5.75. The molecule has 2 aromatic rings. The summed E-state index contributed by atoms with van der Waals surface area (Å²) < 4.78 is 1.63.